The number of para-hydroxylation sites is 2. The van der Waals surface area contributed by atoms with Crippen LogP contribution in [-0.2, 0) is 4.79 Å². The van der Waals surface area contributed by atoms with Crippen LogP contribution in [0.15, 0.2) is 77.9 Å². The van der Waals surface area contributed by atoms with Crippen molar-refractivity contribution < 1.29 is 14.3 Å². The summed E-state index contributed by atoms with van der Waals surface area (Å²) in [7, 11) is 0. The topological polar surface area (TPSA) is 87.7 Å². The van der Waals surface area contributed by atoms with E-state index in [1.165, 1.54) is 25.3 Å². The van der Waals surface area contributed by atoms with Crippen LogP contribution in [0, 0.1) is 5.82 Å². The van der Waals surface area contributed by atoms with Crippen LogP contribution < -0.4 is 11.1 Å². The van der Waals surface area contributed by atoms with E-state index in [1.807, 2.05) is 30.3 Å². The number of phenols is 1. The fourth-order valence-corrected chi connectivity index (χ4v) is 2.84. The maximum Gasteiger partial charge on any atom is 0.221 e. The van der Waals surface area contributed by atoms with E-state index in [1.54, 1.807) is 30.5 Å². The largest absolute Gasteiger partial charge is 0.507 e. The number of nitrogens with one attached hydrogen (secondary N) is 1. The number of rotatable bonds is 5. The highest BCUT2D eigenvalue weighted by atomic mass is 19.1. The first-order valence-corrected chi connectivity index (χ1v) is 8.90. The van der Waals surface area contributed by atoms with E-state index < -0.39 is 5.82 Å². The van der Waals surface area contributed by atoms with Crippen molar-refractivity contribution in [3.8, 4) is 16.9 Å². The predicted molar refractivity (Wildman–Crippen MR) is 115 cm³/mol. The number of anilines is 1. The summed E-state index contributed by atoms with van der Waals surface area (Å²) in [5, 5.41) is 13.2. The molecular weight excluding hydrogens is 369 g/mol. The Hall–Kier alpha value is -3.93. The molecular formula is C23H20FN3O2. The molecule has 1 amide bonds. The smallest absolute Gasteiger partial charge is 0.221 e. The fraction of sp³-hybridized carbons (Fsp3) is 0.0435. The van der Waals surface area contributed by atoms with E-state index >= 15 is 0 Å². The van der Waals surface area contributed by atoms with Gasteiger partial charge >= 0.3 is 0 Å². The summed E-state index contributed by atoms with van der Waals surface area (Å²) in [5.74, 6) is -1.00. The van der Waals surface area contributed by atoms with Gasteiger partial charge in [0.25, 0.3) is 0 Å². The lowest BCUT2D eigenvalue weighted by molar-refractivity contribution is -0.114. The zero-order valence-electron chi connectivity index (χ0n) is 15.8. The lowest BCUT2D eigenvalue weighted by Gasteiger charge is -2.12. The molecule has 0 aliphatic carbocycles. The molecule has 146 valence electrons. The van der Waals surface area contributed by atoms with Gasteiger partial charge in [-0.1, -0.05) is 42.5 Å². The molecule has 5 nitrogen and oxygen atoms in total. The molecule has 0 aliphatic heterocycles. The molecule has 0 spiro atoms. The Morgan fingerprint density at radius 2 is 1.86 bits per heavy atom. The van der Waals surface area contributed by atoms with E-state index in [0.717, 1.165) is 5.69 Å². The molecule has 0 atom stereocenters. The first-order chi connectivity index (χ1) is 14.0. The van der Waals surface area contributed by atoms with Gasteiger partial charge in [0.15, 0.2) is 0 Å². The van der Waals surface area contributed by atoms with Crippen LogP contribution in [-0.4, -0.2) is 17.2 Å². The number of carbonyl (C=O) groups excluding carboxylic acids is 1. The first kappa shape index (κ1) is 19.8. The third kappa shape index (κ3) is 4.68. The van der Waals surface area contributed by atoms with Crippen LogP contribution in [0.3, 0.4) is 0 Å². The Bertz CT molecular complexity index is 1090. The molecule has 3 aromatic carbocycles. The molecule has 3 aromatic rings. The monoisotopic (exact) mass is 389 g/mol. The number of halogens is 1. The Morgan fingerprint density at radius 1 is 1.10 bits per heavy atom. The minimum absolute atomic E-state index is 0.0459. The van der Waals surface area contributed by atoms with Crippen molar-refractivity contribution in [2.24, 2.45) is 10.7 Å². The number of allylic oxidation sites excluding steroid dienone is 1. The Kier molecular flexibility index (Phi) is 6.04. The SMILES string of the molecule is CC(=O)Nc1ccc(-c2cccc(C(C=Nc3ccccc3)=CN)c2O)cc1F. The van der Waals surface area contributed by atoms with Crippen LogP contribution in [0.5, 0.6) is 5.75 Å². The van der Waals surface area contributed by atoms with Gasteiger partial charge in [-0.3, -0.25) is 9.79 Å². The molecule has 0 saturated carbocycles. The Balaban J connectivity index is 1.96. The standard InChI is InChI=1S/C23H20FN3O2/c1-15(28)27-22-11-10-16(12-21(22)24)19-8-5-9-20(23(19)29)17(13-25)14-26-18-6-3-2-4-7-18/h2-14,29H,25H2,1H3,(H,27,28). The van der Waals surface area contributed by atoms with Gasteiger partial charge in [0.1, 0.15) is 11.6 Å². The third-order valence-electron chi connectivity index (χ3n) is 4.23. The van der Waals surface area contributed by atoms with Crippen molar-refractivity contribution in [3.63, 3.8) is 0 Å². The second kappa shape index (κ2) is 8.84. The molecule has 0 radical (unpaired) electrons. The van der Waals surface area contributed by atoms with Crippen LogP contribution >= 0.6 is 0 Å². The molecule has 4 N–H and O–H groups in total. The van der Waals surface area contributed by atoms with Crippen molar-refractivity contribution in [3.05, 3.63) is 84.3 Å². The Morgan fingerprint density at radius 3 is 2.52 bits per heavy atom. The summed E-state index contributed by atoms with van der Waals surface area (Å²) in [5.41, 5.74) is 8.46. The van der Waals surface area contributed by atoms with Crippen molar-refractivity contribution in [2.75, 3.05) is 5.32 Å². The van der Waals surface area contributed by atoms with Crippen molar-refractivity contribution >= 4 is 29.1 Å². The van der Waals surface area contributed by atoms with E-state index in [9.17, 15) is 14.3 Å². The summed E-state index contributed by atoms with van der Waals surface area (Å²) in [4.78, 5) is 15.5. The van der Waals surface area contributed by atoms with E-state index in [-0.39, 0.29) is 17.3 Å². The number of nitrogens with two attached hydrogens (primary N) is 1. The molecule has 6 heteroatoms. The van der Waals surface area contributed by atoms with Crippen molar-refractivity contribution in [1.29, 1.82) is 0 Å². The van der Waals surface area contributed by atoms with Crippen LogP contribution in [0.4, 0.5) is 15.8 Å². The van der Waals surface area contributed by atoms with Gasteiger partial charge in [-0.05, 0) is 29.8 Å². The van der Waals surface area contributed by atoms with Gasteiger partial charge in [0.05, 0.1) is 11.4 Å². The van der Waals surface area contributed by atoms with Gasteiger partial charge < -0.3 is 16.2 Å². The quantitative estimate of drug-likeness (QED) is 0.545. The second-order valence-corrected chi connectivity index (χ2v) is 6.29. The zero-order chi connectivity index (χ0) is 20.8. The number of carbonyl (C=O) groups is 1. The first-order valence-electron chi connectivity index (χ1n) is 8.90. The second-order valence-electron chi connectivity index (χ2n) is 6.29. The average Bonchev–Trinajstić information content (AvgIpc) is 2.71. The number of aliphatic imine (C=N–C) groups is 1. The number of benzene rings is 3. The summed E-state index contributed by atoms with van der Waals surface area (Å²) < 4.78 is 14.3. The third-order valence-corrected chi connectivity index (χ3v) is 4.23. The van der Waals surface area contributed by atoms with E-state index in [4.69, 9.17) is 5.73 Å². The molecule has 3 rings (SSSR count). The number of hydrogen-bond donors (Lipinski definition) is 3. The highest BCUT2D eigenvalue weighted by Crippen LogP contribution is 2.36. The van der Waals surface area contributed by atoms with E-state index in [2.05, 4.69) is 10.3 Å². The number of nitrogens with zero attached hydrogens (tertiary/aromatic N) is 1. The number of hydrogen-bond acceptors (Lipinski definition) is 4. The summed E-state index contributed by atoms with van der Waals surface area (Å²) >= 11 is 0. The summed E-state index contributed by atoms with van der Waals surface area (Å²) in [6.07, 6.45) is 2.92. The highest BCUT2D eigenvalue weighted by Gasteiger charge is 2.13. The van der Waals surface area contributed by atoms with Gasteiger partial charge in [-0.15, -0.1) is 0 Å². The average molecular weight is 389 g/mol. The normalized spacial score (nSPS) is 11.6. The molecule has 0 unspecified atom stereocenters. The molecule has 0 saturated heterocycles. The number of amides is 1. The molecule has 0 fully saturated rings. The molecule has 0 aromatic heterocycles. The zero-order valence-corrected chi connectivity index (χ0v) is 15.8. The summed E-state index contributed by atoms with van der Waals surface area (Å²) in [6, 6.07) is 18.8. The van der Waals surface area contributed by atoms with Gasteiger partial charge in [0.2, 0.25) is 5.91 Å². The maximum atomic E-state index is 14.3. The van der Waals surface area contributed by atoms with Crippen LogP contribution in [0.2, 0.25) is 0 Å². The van der Waals surface area contributed by atoms with Crippen molar-refractivity contribution in [2.45, 2.75) is 6.92 Å². The lowest BCUT2D eigenvalue weighted by Crippen LogP contribution is -2.07. The van der Waals surface area contributed by atoms with E-state index in [0.29, 0.717) is 22.3 Å². The molecule has 29 heavy (non-hydrogen) atoms. The fourth-order valence-electron chi connectivity index (χ4n) is 2.84. The Labute approximate surface area is 168 Å². The van der Waals surface area contributed by atoms with Gasteiger partial charge in [-0.25, -0.2) is 4.39 Å². The highest BCUT2D eigenvalue weighted by molar-refractivity contribution is 6.12. The minimum Gasteiger partial charge on any atom is -0.507 e. The lowest BCUT2D eigenvalue weighted by atomic mass is 9.97. The maximum absolute atomic E-state index is 14.3. The summed E-state index contributed by atoms with van der Waals surface area (Å²) in [6.45, 7) is 1.31. The van der Waals surface area contributed by atoms with Crippen molar-refractivity contribution in [1.82, 2.24) is 0 Å². The van der Waals surface area contributed by atoms with Crippen LogP contribution in [0.1, 0.15) is 12.5 Å². The van der Waals surface area contributed by atoms with Crippen LogP contribution in [0.25, 0.3) is 16.7 Å². The predicted octanol–water partition coefficient (Wildman–Crippen LogP) is 4.86. The number of aromatic hydroxyl groups is 1. The van der Waals surface area contributed by atoms with Gasteiger partial charge in [0, 0.05) is 36.0 Å². The van der Waals surface area contributed by atoms with Gasteiger partial charge in [-0.2, -0.15) is 0 Å². The number of phenolic OH excluding ortho intramolecular Hbond substituents is 1. The minimum atomic E-state index is -0.595. The molecule has 0 heterocycles. The molecule has 0 aliphatic rings. The molecule has 0 bridgehead atoms.